The van der Waals surface area contributed by atoms with Crippen molar-refractivity contribution < 1.29 is 4.79 Å². The van der Waals surface area contributed by atoms with E-state index in [2.05, 4.69) is 58.2 Å². The zero-order chi connectivity index (χ0) is 26.8. The summed E-state index contributed by atoms with van der Waals surface area (Å²) in [5.41, 5.74) is 5.66. The molecule has 0 spiro atoms. The Morgan fingerprint density at radius 1 is 0.974 bits per heavy atom. The number of aromatic nitrogens is 2. The number of nitrogens with zero attached hydrogens (tertiary/aromatic N) is 5. The summed E-state index contributed by atoms with van der Waals surface area (Å²) in [7, 11) is 0. The molecule has 1 atom stereocenters. The predicted molar refractivity (Wildman–Crippen MR) is 156 cm³/mol. The molecule has 7 nitrogen and oxygen atoms in total. The molecule has 0 bridgehead atoms. The van der Waals surface area contributed by atoms with E-state index in [9.17, 15) is 4.79 Å². The third kappa shape index (κ3) is 5.30. The quantitative estimate of drug-likeness (QED) is 0.469. The van der Waals surface area contributed by atoms with Gasteiger partial charge in [-0.1, -0.05) is 29.8 Å². The lowest BCUT2D eigenvalue weighted by atomic mass is 9.99. The van der Waals surface area contributed by atoms with E-state index in [1.165, 1.54) is 5.69 Å². The van der Waals surface area contributed by atoms with Crippen LogP contribution in [0.15, 0.2) is 48.7 Å². The summed E-state index contributed by atoms with van der Waals surface area (Å²) in [6.45, 7) is 12.2. The Morgan fingerprint density at radius 3 is 2.39 bits per heavy atom. The Hall–Kier alpha value is -3.32. The lowest BCUT2D eigenvalue weighted by molar-refractivity contribution is 0.0724. The molecule has 0 saturated carbocycles. The van der Waals surface area contributed by atoms with Crippen LogP contribution in [0.4, 0.5) is 17.2 Å². The van der Waals surface area contributed by atoms with E-state index >= 15 is 0 Å². The second-order valence-corrected chi connectivity index (χ2v) is 10.9. The van der Waals surface area contributed by atoms with Crippen molar-refractivity contribution in [1.29, 1.82) is 0 Å². The highest BCUT2D eigenvalue weighted by molar-refractivity contribution is 6.32. The van der Waals surface area contributed by atoms with Gasteiger partial charge in [0.05, 0.1) is 27.7 Å². The smallest absolute Gasteiger partial charge is 0.256 e. The summed E-state index contributed by atoms with van der Waals surface area (Å²) >= 11 is 6.37. The highest BCUT2D eigenvalue weighted by Gasteiger charge is 2.31. The van der Waals surface area contributed by atoms with Crippen LogP contribution in [0.5, 0.6) is 0 Å². The molecular formula is C30H37ClN6O. The van der Waals surface area contributed by atoms with Crippen molar-refractivity contribution in [1.82, 2.24) is 14.9 Å². The van der Waals surface area contributed by atoms with Gasteiger partial charge in [0.2, 0.25) is 0 Å². The molecule has 2 aromatic heterocycles. The van der Waals surface area contributed by atoms with E-state index < -0.39 is 0 Å². The predicted octanol–water partition coefficient (Wildman–Crippen LogP) is 5.49. The maximum absolute atomic E-state index is 13.8. The van der Waals surface area contributed by atoms with Gasteiger partial charge in [0, 0.05) is 56.7 Å². The van der Waals surface area contributed by atoms with Gasteiger partial charge >= 0.3 is 0 Å². The number of carbonyl (C=O) groups excluding carboxylic acids is 1. The number of halogens is 1. The SMILES string of the molecule is Cc1nc(C)c(C(=O)N2CCN(c3ccccc3)[C@@H](C)C2)c(C)c1NC1CCN(c2ncccc2Cl)CC1. The van der Waals surface area contributed by atoms with Crippen molar-refractivity contribution >= 4 is 34.7 Å². The van der Waals surface area contributed by atoms with Crippen molar-refractivity contribution in [2.24, 2.45) is 0 Å². The summed E-state index contributed by atoms with van der Waals surface area (Å²) in [5.74, 6) is 0.932. The number of carbonyl (C=O) groups is 1. The van der Waals surface area contributed by atoms with Crippen LogP contribution in [-0.4, -0.2) is 65.6 Å². The average Bonchev–Trinajstić information content (AvgIpc) is 2.92. The zero-order valence-electron chi connectivity index (χ0n) is 22.7. The molecule has 0 aliphatic carbocycles. The molecule has 2 fully saturated rings. The van der Waals surface area contributed by atoms with Crippen molar-refractivity contribution in [3.63, 3.8) is 0 Å². The molecule has 2 aliphatic heterocycles. The van der Waals surface area contributed by atoms with Gasteiger partial charge < -0.3 is 20.0 Å². The maximum Gasteiger partial charge on any atom is 0.256 e. The van der Waals surface area contributed by atoms with Gasteiger partial charge in [-0.2, -0.15) is 0 Å². The van der Waals surface area contributed by atoms with Crippen molar-refractivity contribution in [2.75, 3.05) is 47.8 Å². The van der Waals surface area contributed by atoms with E-state index in [1.54, 1.807) is 6.20 Å². The Balaban J connectivity index is 1.28. The minimum absolute atomic E-state index is 0.0784. The van der Waals surface area contributed by atoms with Gasteiger partial charge in [0.15, 0.2) is 0 Å². The van der Waals surface area contributed by atoms with E-state index in [4.69, 9.17) is 16.6 Å². The van der Waals surface area contributed by atoms with Crippen molar-refractivity contribution in [2.45, 2.75) is 52.6 Å². The Morgan fingerprint density at radius 2 is 1.71 bits per heavy atom. The highest BCUT2D eigenvalue weighted by atomic mass is 35.5. The molecule has 0 unspecified atom stereocenters. The number of aryl methyl sites for hydroxylation is 2. The van der Waals surface area contributed by atoms with Crippen LogP contribution in [0.3, 0.4) is 0 Å². The number of amides is 1. The van der Waals surface area contributed by atoms with Gasteiger partial charge in [0.1, 0.15) is 5.82 Å². The third-order valence-electron chi connectivity index (χ3n) is 7.91. The number of anilines is 3. The normalized spacial score (nSPS) is 18.6. The fourth-order valence-corrected chi connectivity index (χ4v) is 6.15. The van der Waals surface area contributed by atoms with Crippen LogP contribution in [-0.2, 0) is 0 Å². The molecule has 2 aliphatic rings. The van der Waals surface area contributed by atoms with Crippen LogP contribution in [0.1, 0.15) is 47.1 Å². The second kappa shape index (κ2) is 11.2. The number of rotatable bonds is 5. The first-order valence-corrected chi connectivity index (χ1v) is 13.9. The first kappa shape index (κ1) is 26.3. The number of benzene rings is 1. The van der Waals surface area contributed by atoms with Gasteiger partial charge in [-0.05, 0) is 70.4 Å². The molecular weight excluding hydrogens is 496 g/mol. The fraction of sp³-hybridized carbons (Fsp3) is 0.433. The molecule has 5 rings (SSSR count). The maximum atomic E-state index is 13.8. The van der Waals surface area contributed by atoms with E-state index in [-0.39, 0.29) is 11.9 Å². The summed E-state index contributed by atoms with van der Waals surface area (Å²) in [6.07, 6.45) is 3.71. The molecule has 1 amide bonds. The first-order valence-electron chi connectivity index (χ1n) is 13.5. The third-order valence-corrected chi connectivity index (χ3v) is 8.20. The standard InChI is InChI=1S/C30H37ClN6O/c1-20-19-36(17-18-37(20)25-9-6-5-7-10-25)30(38)27-21(2)28(23(4)33-22(27)3)34-24-12-15-35(16-13-24)29-26(31)11-8-14-32-29/h5-11,14,20,24,34H,12-13,15-19H2,1-4H3/t20-/m0/s1. The Labute approximate surface area is 230 Å². The van der Waals surface area contributed by atoms with Crippen LogP contribution in [0.25, 0.3) is 0 Å². The molecule has 38 heavy (non-hydrogen) atoms. The Kier molecular flexibility index (Phi) is 7.75. The summed E-state index contributed by atoms with van der Waals surface area (Å²) in [5, 5.41) is 4.44. The second-order valence-electron chi connectivity index (χ2n) is 10.5. The zero-order valence-corrected chi connectivity index (χ0v) is 23.5. The van der Waals surface area contributed by atoms with Crippen LogP contribution < -0.4 is 15.1 Å². The van der Waals surface area contributed by atoms with Gasteiger partial charge in [-0.15, -0.1) is 0 Å². The number of nitrogens with one attached hydrogen (secondary N) is 1. The molecule has 1 N–H and O–H groups in total. The van der Waals surface area contributed by atoms with Gasteiger partial charge in [0.25, 0.3) is 5.91 Å². The molecule has 3 aromatic rings. The summed E-state index contributed by atoms with van der Waals surface area (Å²) in [4.78, 5) is 29.7. The van der Waals surface area contributed by atoms with Crippen LogP contribution >= 0.6 is 11.6 Å². The lowest BCUT2D eigenvalue weighted by Crippen LogP contribution is -2.54. The molecule has 0 radical (unpaired) electrons. The minimum Gasteiger partial charge on any atom is -0.380 e. The number of para-hydroxylation sites is 1. The molecule has 200 valence electrons. The monoisotopic (exact) mass is 532 g/mol. The van der Waals surface area contributed by atoms with E-state index in [1.807, 2.05) is 36.9 Å². The molecule has 1 aromatic carbocycles. The number of hydrogen-bond acceptors (Lipinski definition) is 6. The van der Waals surface area contributed by atoms with Crippen LogP contribution in [0.2, 0.25) is 5.02 Å². The van der Waals surface area contributed by atoms with E-state index in [0.29, 0.717) is 24.2 Å². The van der Waals surface area contributed by atoms with Gasteiger partial charge in [-0.25, -0.2) is 4.98 Å². The lowest BCUT2D eigenvalue weighted by Gasteiger charge is -2.41. The molecule has 2 saturated heterocycles. The highest BCUT2D eigenvalue weighted by Crippen LogP contribution is 2.31. The first-order chi connectivity index (χ1) is 18.3. The van der Waals surface area contributed by atoms with Crippen LogP contribution in [0, 0.1) is 20.8 Å². The summed E-state index contributed by atoms with van der Waals surface area (Å²) in [6, 6.07) is 14.7. The fourth-order valence-electron chi connectivity index (χ4n) is 5.91. The number of pyridine rings is 2. The topological polar surface area (TPSA) is 64.6 Å². The molecule has 8 heteroatoms. The minimum atomic E-state index is 0.0784. The van der Waals surface area contributed by atoms with E-state index in [0.717, 1.165) is 66.5 Å². The number of piperidine rings is 1. The average molecular weight is 533 g/mol. The van der Waals surface area contributed by atoms with Gasteiger partial charge in [-0.3, -0.25) is 9.78 Å². The largest absolute Gasteiger partial charge is 0.380 e. The number of piperazine rings is 1. The van der Waals surface area contributed by atoms with Crippen molar-refractivity contribution in [3.8, 4) is 0 Å². The van der Waals surface area contributed by atoms with Crippen molar-refractivity contribution in [3.05, 3.63) is 76.2 Å². The molecule has 4 heterocycles. The number of hydrogen-bond donors (Lipinski definition) is 1. The summed E-state index contributed by atoms with van der Waals surface area (Å²) < 4.78 is 0. The Bertz CT molecular complexity index is 1290.